The number of methoxy groups -OCH3 is 1. The highest BCUT2D eigenvalue weighted by molar-refractivity contribution is 7.92. The fourth-order valence-electron chi connectivity index (χ4n) is 4.33. The van der Waals surface area contributed by atoms with E-state index in [9.17, 15) is 26.8 Å². The third kappa shape index (κ3) is 8.25. The average molecular weight is 574 g/mol. The van der Waals surface area contributed by atoms with E-state index in [1.165, 1.54) is 19.1 Å². The van der Waals surface area contributed by atoms with Crippen molar-refractivity contribution in [1.29, 1.82) is 0 Å². The number of sulfonamides is 1. The Labute approximate surface area is 233 Å². The molecule has 0 fully saturated rings. The quantitative estimate of drug-likeness (QED) is 0.335. The Kier molecular flexibility index (Phi) is 10.6. The maximum absolute atomic E-state index is 13.8. The molecule has 8 nitrogen and oxygen atoms in total. The standard InChI is InChI=1S/C29H33F2N3O5S/c1-32-29(36)27(18-21-9-5-4-6-10-21)33(20-22-11-7-12-24(17-22)39-2)28(35)13-8-16-34(40(3,37)38)23-14-15-25(30)26(31)19-23/h4-7,9-12,14-15,17,19,27H,8,13,16,18,20H2,1-3H3,(H,32,36). The summed E-state index contributed by atoms with van der Waals surface area (Å²) in [5.41, 5.74) is 1.56. The van der Waals surface area contributed by atoms with Gasteiger partial charge >= 0.3 is 0 Å². The summed E-state index contributed by atoms with van der Waals surface area (Å²) >= 11 is 0. The number of halogens is 2. The van der Waals surface area contributed by atoms with Crippen LogP contribution in [0.25, 0.3) is 0 Å². The summed E-state index contributed by atoms with van der Waals surface area (Å²) < 4.78 is 58.3. The normalized spacial score (nSPS) is 11.9. The first-order valence-electron chi connectivity index (χ1n) is 12.6. The van der Waals surface area contributed by atoms with Gasteiger partial charge in [0.1, 0.15) is 11.8 Å². The monoisotopic (exact) mass is 573 g/mol. The van der Waals surface area contributed by atoms with Gasteiger partial charge in [0.25, 0.3) is 0 Å². The third-order valence-electron chi connectivity index (χ3n) is 6.35. The number of hydrogen-bond donors (Lipinski definition) is 1. The number of nitrogens with zero attached hydrogens (tertiary/aromatic N) is 2. The Morgan fingerprint density at radius 3 is 2.27 bits per heavy atom. The van der Waals surface area contributed by atoms with Gasteiger partial charge in [0.15, 0.2) is 11.6 Å². The Balaban J connectivity index is 1.86. The van der Waals surface area contributed by atoms with E-state index in [-0.39, 0.29) is 49.9 Å². The zero-order chi connectivity index (χ0) is 29.3. The van der Waals surface area contributed by atoms with Crippen molar-refractivity contribution in [3.05, 3.63) is 95.6 Å². The number of amides is 2. The molecule has 0 aliphatic heterocycles. The van der Waals surface area contributed by atoms with Gasteiger partial charge in [0, 0.05) is 39.0 Å². The molecule has 0 bridgehead atoms. The number of hydrogen-bond acceptors (Lipinski definition) is 5. The Bertz CT molecular complexity index is 1420. The minimum atomic E-state index is -3.86. The van der Waals surface area contributed by atoms with Crippen molar-refractivity contribution >= 4 is 27.5 Å². The first kappa shape index (κ1) is 30.6. The van der Waals surface area contributed by atoms with Crippen molar-refractivity contribution in [2.75, 3.05) is 31.3 Å². The smallest absolute Gasteiger partial charge is 0.242 e. The molecule has 0 aliphatic rings. The molecule has 3 aromatic carbocycles. The third-order valence-corrected chi connectivity index (χ3v) is 7.54. The second-order valence-corrected chi connectivity index (χ2v) is 11.1. The zero-order valence-electron chi connectivity index (χ0n) is 22.6. The molecule has 214 valence electrons. The Hall–Kier alpha value is -3.99. The molecule has 3 aromatic rings. The lowest BCUT2D eigenvalue weighted by atomic mass is 10.0. The molecule has 0 aliphatic carbocycles. The van der Waals surface area contributed by atoms with Crippen LogP contribution in [0.2, 0.25) is 0 Å². The molecule has 1 atom stereocenters. The van der Waals surface area contributed by atoms with Gasteiger partial charge in [0.2, 0.25) is 21.8 Å². The van der Waals surface area contributed by atoms with E-state index in [2.05, 4.69) is 5.32 Å². The summed E-state index contributed by atoms with van der Waals surface area (Å²) in [7, 11) is -0.822. The van der Waals surface area contributed by atoms with E-state index in [0.29, 0.717) is 5.75 Å². The molecular weight excluding hydrogens is 540 g/mol. The summed E-state index contributed by atoms with van der Waals surface area (Å²) in [5, 5.41) is 2.64. The highest BCUT2D eigenvalue weighted by atomic mass is 32.2. The summed E-state index contributed by atoms with van der Waals surface area (Å²) in [5.74, 6) is -2.40. The van der Waals surface area contributed by atoms with Gasteiger partial charge in [-0.2, -0.15) is 0 Å². The van der Waals surface area contributed by atoms with Gasteiger partial charge in [-0.05, 0) is 41.8 Å². The Morgan fingerprint density at radius 2 is 1.65 bits per heavy atom. The van der Waals surface area contributed by atoms with Crippen LogP contribution >= 0.6 is 0 Å². The van der Waals surface area contributed by atoms with Crippen LogP contribution in [-0.4, -0.2) is 58.1 Å². The molecule has 11 heteroatoms. The van der Waals surface area contributed by atoms with Crippen LogP contribution in [0, 0.1) is 11.6 Å². The SMILES string of the molecule is CNC(=O)C(Cc1ccccc1)N(Cc1cccc(OC)c1)C(=O)CCCN(c1ccc(F)c(F)c1)S(C)(=O)=O. The van der Waals surface area contributed by atoms with Gasteiger partial charge in [0.05, 0.1) is 19.1 Å². The lowest BCUT2D eigenvalue weighted by Crippen LogP contribution is -2.49. The number of carbonyl (C=O) groups excluding carboxylic acids is 2. The largest absolute Gasteiger partial charge is 0.497 e. The molecule has 0 saturated heterocycles. The first-order chi connectivity index (χ1) is 19.0. The van der Waals surface area contributed by atoms with Crippen LogP contribution in [-0.2, 0) is 32.6 Å². The van der Waals surface area contributed by atoms with Crippen LogP contribution in [0.4, 0.5) is 14.5 Å². The van der Waals surface area contributed by atoms with E-state index < -0.39 is 27.7 Å². The van der Waals surface area contributed by atoms with Crippen molar-refractivity contribution in [3.8, 4) is 5.75 Å². The summed E-state index contributed by atoms with van der Waals surface area (Å²) in [6.45, 7) is -0.0358. The average Bonchev–Trinajstić information content (AvgIpc) is 2.94. The molecule has 2 amide bonds. The number of rotatable bonds is 13. The molecule has 0 spiro atoms. The second-order valence-electron chi connectivity index (χ2n) is 9.23. The van der Waals surface area contributed by atoms with E-state index in [1.807, 2.05) is 36.4 Å². The van der Waals surface area contributed by atoms with Gasteiger partial charge in [-0.3, -0.25) is 13.9 Å². The van der Waals surface area contributed by atoms with Crippen molar-refractivity contribution in [2.24, 2.45) is 0 Å². The summed E-state index contributed by atoms with van der Waals surface area (Å²) in [6, 6.07) is 18.4. The number of ether oxygens (including phenoxy) is 1. The van der Waals surface area contributed by atoms with Crippen LogP contribution in [0.3, 0.4) is 0 Å². The Morgan fingerprint density at radius 1 is 0.950 bits per heavy atom. The lowest BCUT2D eigenvalue weighted by Gasteiger charge is -2.31. The van der Waals surface area contributed by atoms with Crippen LogP contribution in [0.1, 0.15) is 24.0 Å². The zero-order valence-corrected chi connectivity index (χ0v) is 23.5. The minimum Gasteiger partial charge on any atom is -0.497 e. The fourth-order valence-corrected chi connectivity index (χ4v) is 5.29. The van der Waals surface area contributed by atoms with Crippen LogP contribution in [0.5, 0.6) is 5.75 Å². The highest BCUT2D eigenvalue weighted by Crippen LogP contribution is 2.23. The van der Waals surface area contributed by atoms with Crippen LogP contribution in [0.15, 0.2) is 72.8 Å². The number of carbonyl (C=O) groups is 2. The predicted molar refractivity (Wildman–Crippen MR) is 149 cm³/mol. The summed E-state index contributed by atoms with van der Waals surface area (Å²) in [6.07, 6.45) is 1.19. The molecule has 0 aromatic heterocycles. The molecular formula is C29H33F2N3O5S. The second kappa shape index (κ2) is 13.9. The number of benzene rings is 3. The van der Waals surface area contributed by atoms with E-state index in [4.69, 9.17) is 4.74 Å². The van der Waals surface area contributed by atoms with E-state index >= 15 is 0 Å². The molecule has 3 rings (SSSR count). The molecule has 40 heavy (non-hydrogen) atoms. The first-order valence-corrected chi connectivity index (χ1v) is 14.5. The van der Waals surface area contributed by atoms with Crippen LogP contribution < -0.4 is 14.4 Å². The number of anilines is 1. The minimum absolute atomic E-state index is 0.0469. The van der Waals surface area contributed by atoms with Crippen molar-refractivity contribution in [3.63, 3.8) is 0 Å². The van der Waals surface area contributed by atoms with Gasteiger partial charge < -0.3 is 15.0 Å². The maximum atomic E-state index is 13.8. The highest BCUT2D eigenvalue weighted by Gasteiger charge is 2.30. The van der Waals surface area contributed by atoms with Gasteiger partial charge in [-0.15, -0.1) is 0 Å². The number of likely N-dealkylation sites (N-methyl/N-ethyl adjacent to an activating group) is 1. The van der Waals surface area contributed by atoms with Gasteiger partial charge in [-0.1, -0.05) is 42.5 Å². The lowest BCUT2D eigenvalue weighted by molar-refractivity contribution is -0.141. The van der Waals surface area contributed by atoms with E-state index in [0.717, 1.165) is 39.9 Å². The predicted octanol–water partition coefficient (Wildman–Crippen LogP) is 3.91. The van der Waals surface area contributed by atoms with E-state index in [1.54, 1.807) is 18.2 Å². The van der Waals surface area contributed by atoms with Crippen molar-refractivity contribution < 1.29 is 31.5 Å². The number of nitrogens with one attached hydrogen (secondary N) is 1. The topological polar surface area (TPSA) is 96.0 Å². The van der Waals surface area contributed by atoms with Crippen molar-refractivity contribution in [2.45, 2.75) is 31.8 Å². The van der Waals surface area contributed by atoms with Gasteiger partial charge in [-0.25, -0.2) is 17.2 Å². The fraction of sp³-hybridized carbons (Fsp3) is 0.310. The molecule has 0 saturated carbocycles. The molecule has 1 N–H and O–H groups in total. The maximum Gasteiger partial charge on any atom is 0.242 e. The summed E-state index contributed by atoms with van der Waals surface area (Å²) in [4.78, 5) is 28.2. The van der Waals surface area contributed by atoms with Crippen molar-refractivity contribution in [1.82, 2.24) is 10.2 Å². The molecule has 0 radical (unpaired) electrons. The molecule has 1 unspecified atom stereocenters. The molecule has 0 heterocycles.